The SMILES string of the molecule is C[C@H](C(=O)Nc1cc(C2CC2)n(C(=O)OC(C)(C)C)n1)c1cccc(Br)c1. The van der Waals surface area contributed by atoms with Gasteiger partial charge in [0.2, 0.25) is 5.91 Å². The molecular formula is C20H24BrN3O3. The third kappa shape index (κ3) is 4.97. The largest absolute Gasteiger partial charge is 0.442 e. The molecule has 1 fully saturated rings. The summed E-state index contributed by atoms with van der Waals surface area (Å²) in [5, 5.41) is 7.12. The van der Waals surface area contributed by atoms with Crippen LogP contribution in [0.25, 0.3) is 0 Å². The predicted molar refractivity (Wildman–Crippen MR) is 107 cm³/mol. The lowest BCUT2D eigenvalue weighted by Crippen LogP contribution is -2.28. The van der Waals surface area contributed by atoms with Gasteiger partial charge in [-0.25, -0.2) is 4.79 Å². The molecule has 1 aliphatic rings. The third-order valence-electron chi connectivity index (χ3n) is 4.29. The van der Waals surface area contributed by atoms with Gasteiger partial charge >= 0.3 is 6.09 Å². The summed E-state index contributed by atoms with van der Waals surface area (Å²) in [7, 11) is 0. The molecule has 27 heavy (non-hydrogen) atoms. The van der Waals surface area contributed by atoms with Gasteiger partial charge in [-0.05, 0) is 58.2 Å². The van der Waals surface area contributed by atoms with Crippen LogP contribution < -0.4 is 5.32 Å². The summed E-state index contributed by atoms with van der Waals surface area (Å²) in [6.07, 6.45) is 1.50. The maximum Gasteiger partial charge on any atom is 0.435 e. The highest BCUT2D eigenvalue weighted by atomic mass is 79.9. The lowest BCUT2D eigenvalue weighted by molar-refractivity contribution is -0.117. The highest BCUT2D eigenvalue weighted by molar-refractivity contribution is 9.10. The molecule has 1 amide bonds. The Balaban J connectivity index is 1.78. The van der Waals surface area contributed by atoms with Crippen molar-refractivity contribution in [2.24, 2.45) is 0 Å². The third-order valence-corrected chi connectivity index (χ3v) is 4.79. The van der Waals surface area contributed by atoms with Crippen molar-refractivity contribution in [1.82, 2.24) is 9.78 Å². The molecule has 1 aromatic heterocycles. The molecule has 144 valence electrons. The van der Waals surface area contributed by atoms with Gasteiger partial charge in [0.1, 0.15) is 5.60 Å². The summed E-state index contributed by atoms with van der Waals surface area (Å²) < 4.78 is 7.64. The van der Waals surface area contributed by atoms with Gasteiger partial charge in [0, 0.05) is 16.5 Å². The van der Waals surface area contributed by atoms with Gasteiger partial charge in [-0.3, -0.25) is 4.79 Å². The Morgan fingerprint density at radius 2 is 2.00 bits per heavy atom. The molecule has 7 heteroatoms. The summed E-state index contributed by atoms with van der Waals surface area (Å²) in [5.74, 6) is 0.135. The lowest BCUT2D eigenvalue weighted by Gasteiger charge is -2.19. The van der Waals surface area contributed by atoms with Crippen LogP contribution in [-0.4, -0.2) is 27.4 Å². The Morgan fingerprint density at radius 1 is 1.30 bits per heavy atom. The molecule has 0 aliphatic heterocycles. The van der Waals surface area contributed by atoms with Crippen molar-refractivity contribution in [3.05, 3.63) is 46.1 Å². The number of benzene rings is 1. The summed E-state index contributed by atoms with van der Waals surface area (Å²) >= 11 is 3.42. The first kappa shape index (κ1) is 19.6. The molecule has 1 atom stereocenters. The molecule has 0 spiro atoms. The quantitative estimate of drug-likeness (QED) is 0.731. The number of aromatic nitrogens is 2. The molecule has 1 saturated carbocycles. The molecule has 1 heterocycles. The van der Waals surface area contributed by atoms with Crippen molar-refractivity contribution >= 4 is 33.7 Å². The van der Waals surface area contributed by atoms with Crippen LogP contribution in [0.5, 0.6) is 0 Å². The Labute approximate surface area is 167 Å². The number of hydrogen-bond donors (Lipinski definition) is 1. The molecule has 1 aromatic carbocycles. The van der Waals surface area contributed by atoms with E-state index in [0.29, 0.717) is 5.82 Å². The second kappa shape index (κ2) is 7.46. The topological polar surface area (TPSA) is 73.2 Å². The van der Waals surface area contributed by atoms with Crippen molar-refractivity contribution < 1.29 is 14.3 Å². The van der Waals surface area contributed by atoms with E-state index in [1.807, 2.05) is 52.0 Å². The lowest BCUT2D eigenvalue weighted by atomic mass is 10.0. The van der Waals surface area contributed by atoms with E-state index in [9.17, 15) is 9.59 Å². The summed E-state index contributed by atoms with van der Waals surface area (Å²) in [4.78, 5) is 25.1. The van der Waals surface area contributed by atoms with E-state index in [-0.39, 0.29) is 17.7 Å². The zero-order valence-corrected chi connectivity index (χ0v) is 17.5. The Morgan fingerprint density at radius 3 is 2.59 bits per heavy atom. The minimum absolute atomic E-state index is 0.177. The van der Waals surface area contributed by atoms with E-state index in [2.05, 4.69) is 26.3 Å². The van der Waals surface area contributed by atoms with Gasteiger partial charge in [0.25, 0.3) is 0 Å². The van der Waals surface area contributed by atoms with Crippen LogP contribution in [-0.2, 0) is 9.53 Å². The summed E-state index contributed by atoms with van der Waals surface area (Å²) in [6, 6.07) is 9.40. The molecule has 3 rings (SSSR count). The molecule has 0 saturated heterocycles. The van der Waals surface area contributed by atoms with Gasteiger partial charge in [0.15, 0.2) is 5.82 Å². The zero-order chi connectivity index (χ0) is 19.8. The predicted octanol–water partition coefficient (Wildman–Crippen LogP) is 5.05. The number of carbonyl (C=O) groups is 2. The molecule has 2 aromatic rings. The number of rotatable bonds is 4. The van der Waals surface area contributed by atoms with Crippen molar-refractivity contribution in [3.63, 3.8) is 0 Å². The molecule has 0 radical (unpaired) electrons. The molecule has 1 aliphatic carbocycles. The first-order chi connectivity index (χ1) is 12.6. The molecule has 0 unspecified atom stereocenters. The Kier molecular flexibility index (Phi) is 5.42. The molecular weight excluding hydrogens is 410 g/mol. The number of nitrogens with zero attached hydrogens (tertiary/aromatic N) is 2. The second-order valence-corrected chi connectivity index (χ2v) is 8.80. The van der Waals surface area contributed by atoms with E-state index >= 15 is 0 Å². The standard InChI is InChI=1S/C20H24BrN3O3/c1-12(14-6-5-7-15(21)10-14)18(25)22-17-11-16(13-8-9-13)24(23-17)19(26)27-20(2,3)4/h5-7,10-13H,8-9H2,1-4H3,(H,22,23,25)/t12-/m0/s1. The number of nitrogens with one attached hydrogen (secondary N) is 1. The highest BCUT2D eigenvalue weighted by Gasteiger charge is 2.32. The van der Waals surface area contributed by atoms with E-state index in [4.69, 9.17) is 4.74 Å². The number of halogens is 1. The fourth-order valence-corrected chi connectivity index (χ4v) is 3.16. The Bertz CT molecular complexity index is 866. The number of amides is 1. The summed E-state index contributed by atoms with van der Waals surface area (Å²) in [5.41, 5.74) is 1.08. The summed E-state index contributed by atoms with van der Waals surface area (Å²) in [6.45, 7) is 7.28. The van der Waals surface area contributed by atoms with Crippen LogP contribution in [0.1, 0.15) is 63.6 Å². The molecule has 0 bridgehead atoms. The van der Waals surface area contributed by atoms with Gasteiger partial charge in [-0.1, -0.05) is 28.1 Å². The van der Waals surface area contributed by atoms with Crippen LogP contribution in [0, 0.1) is 0 Å². The van der Waals surface area contributed by atoms with E-state index in [1.165, 1.54) is 4.68 Å². The Hall–Kier alpha value is -2.15. The van der Waals surface area contributed by atoms with E-state index < -0.39 is 11.7 Å². The smallest absolute Gasteiger partial charge is 0.435 e. The number of carbonyl (C=O) groups excluding carboxylic acids is 2. The average Bonchev–Trinajstić information content (AvgIpc) is 3.33. The van der Waals surface area contributed by atoms with Gasteiger partial charge in [0.05, 0.1) is 11.6 Å². The number of ether oxygens (including phenoxy) is 1. The van der Waals surface area contributed by atoms with Gasteiger partial charge in [-0.2, -0.15) is 4.68 Å². The minimum atomic E-state index is -0.609. The second-order valence-electron chi connectivity index (χ2n) is 7.89. The maximum absolute atomic E-state index is 12.6. The van der Waals surface area contributed by atoms with E-state index in [0.717, 1.165) is 28.6 Å². The van der Waals surface area contributed by atoms with Crippen LogP contribution in [0.15, 0.2) is 34.8 Å². The van der Waals surface area contributed by atoms with Crippen molar-refractivity contribution in [1.29, 1.82) is 0 Å². The van der Waals surface area contributed by atoms with Crippen LogP contribution in [0.4, 0.5) is 10.6 Å². The molecule has 6 nitrogen and oxygen atoms in total. The fourth-order valence-electron chi connectivity index (χ4n) is 2.74. The average molecular weight is 434 g/mol. The fraction of sp³-hybridized carbons (Fsp3) is 0.450. The number of hydrogen-bond acceptors (Lipinski definition) is 4. The van der Waals surface area contributed by atoms with Crippen LogP contribution >= 0.6 is 15.9 Å². The van der Waals surface area contributed by atoms with Crippen molar-refractivity contribution in [2.45, 2.75) is 58.0 Å². The monoisotopic (exact) mass is 433 g/mol. The highest BCUT2D eigenvalue weighted by Crippen LogP contribution is 2.41. The van der Waals surface area contributed by atoms with Gasteiger partial charge in [-0.15, -0.1) is 5.10 Å². The van der Waals surface area contributed by atoms with Gasteiger partial charge < -0.3 is 10.1 Å². The normalized spacial score (nSPS) is 15.3. The van der Waals surface area contributed by atoms with Crippen LogP contribution in [0.3, 0.4) is 0 Å². The molecule has 1 N–H and O–H groups in total. The zero-order valence-electron chi connectivity index (χ0n) is 16.0. The van der Waals surface area contributed by atoms with Crippen molar-refractivity contribution in [3.8, 4) is 0 Å². The first-order valence-electron chi connectivity index (χ1n) is 9.03. The van der Waals surface area contributed by atoms with Crippen molar-refractivity contribution in [2.75, 3.05) is 5.32 Å². The minimum Gasteiger partial charge on any atom is -0.442 e. The van der Waals surface area contributed by atoms with Crippen LogP contribution in [0.2, 0.25) is 0 Å². The first-order valence-corrected chi connectivity index (χ1v) is 9.83. The maximum atomic E-state index is 12.6. The van der Waals surface area contributed by atoms with E-state index in [1.54, 1.807) is 6.07 Å². The number of anilines is 1.